The van der Waals surface area contributed by atoms with Gasteiger partial charge in [-0.15, -0.1) is 0 Å². The average molecular weight is 428 g/mol. The van der Waals surface area contributed by atoms with Crippen molar-refractivity contribution in [1.29, 1.82) is 0 Å². The number of nitrogens with zero attached hydrogens (tertiary/aromatic N) is 1. The van der Waals surface area contributed by atoms with E-state index < -0.39 is 12.0 Å². The van der Waals surface area contributed by atoms with Crippen LogP contribution in [0.2, 0.25) is 0 Å². The number of thiocarbonyl (C=S) groups is 1. The van der Waals surface area contributed by atoms with Gasteiger partial charge >= 0.3 is 5.97 Å². The second-order valence-electron chi connectivity index (χ2n) is 5.53. The van der Waals surface area contributed by atoms with Crippen molar-refractivity contribution in [3.8, 4) is 11.5 Å². The maximum Gasteiger partial charge on any atom is 0.326 e. The van der Waals surface area contributed by atoms with Crippen LogP contribution in [0.1, 0.15) is 18.9 Å². The van der Waals surface area contributed by atoms with Crippen LogP contribution >= 0.6 is 35.7 Å². The van der Waals surface area contributed by atoms with Gasteiger partial charge in [-0.05, 0) is 49.1 Å². The summed E-state index contributed by atoms with van der Waals surface area (Å²) in [5.41, 5.74) is 0.742. The summed E-state index contributed by atoms with van der Waals surface area (Å²) < 4.78 is 11.1. The van der Waals surface area contributed by atoms with E-state index in [1.807, 2.05) is 19.2 Å². The summed E-state index contributed by atoms with van der Waals surface area (Å²) in [5, 5.41) is 9.50. The molecular weight excluding hydrogens is 406 g/mol. The van der Waals surface area contributed by atoms with Crippen LogP contribution in [-0.2, 0) is 9.59 Å². The summed E-state index contributed by atoms with van der Waals surface area (Å²) in [4.78, 5) is 26.0. The van der Waals surface area contributed by atoms with E-state index in [-0.39, 0.29) is 10.2 Å². The number of ether oxygens (including phenoxy) is 2. The van der Waals surface area contributed by atoms with Gasteiger partial charge in [0.2, 0.25) is 0 Å². The Morgan fingerprint density at radius 3 is 2.78 bits per heavy atom. The fraction of sp³-hybridized carbons (Fsp3) is 0.389. The predicted octanol–water partition coefficient (Wildman–Crippen LogP) is 3.50. The summed E-state index contributed by atoms with van der Waals surface area (Å²) in [6.45, 7) is 2.40. The third-order valence-electron chi connectivity index (χ3n) is 3.80. The molecule has 0 spiro atoms. The number of rotatable bonds is 9. The van der Waals surface area contributed by atoms with E-state index in [2.05, 4.69) is 0 Å². The van der Waals surface area contributed by atoms with Crippen LogP contribution in [0.15, 0.2) is 23.1 Å². The summed E-state index contributed by atoms with van der Waals surface area (Å²) >= 11 is 7.91. The molecule has 1 amide bonds. The molecule has 0 saturated carbocycles. The highest BCUT2D eigenvalue weighted by atomic mass is 32.2. The zero-order valence-electron chi connectivity index (χ0n) is 15.3. The van der Waals surface area contributed by atoms with Gasteiger partial charge in [0.15, 0.2) is 11.5 Å². The third-order valence-corrected chi connectivity index (χ3v) is 5.78. The number of amides is 1. The molecule has 0 unspecified atom stereocenters. The highest BCUT2D eigenvalue weighted by Gasteiger charge is 2.40. The molecule has 1 N–H and O–H groups in total. The topological polar surface area (TPSA) is 76.1 Å². The highest BCUT2D eigenvalue weighted by Crippen LogP contribution is 2.36. The number of thioether (sulfide) groups is 2. The molecule has 1 heterocycles. The van der Waals surface area contributed by atoms with Gasteiger partial charge < -0.3 is 14.6 Å². The quantitative estimate of drug-likeness (QED) is 0.474. The van der Waals surface area contributed by atoms with Crippen LogP contribution in [0.25, 0.3) is 6.08 Å². The van der Waals surface area contributed by atoms with E-state index in [1.165, 1.54) is 16.7 Å². The zero-order chi connectivity index (χ0) is 20.0. The van der Waals surface area contributed by atoms with Gasteiger partial charge in [0, 0.05) is 0 Å². The van der Waals surface area contributed by atoms with Crippen LogP contribution < -0.4 is 9.47 Å². The minimum atomic E-state index is -1.05. The molecule has 9 heteroatoms. The lowest BCUT2D eigenvalue weighted by Crippen LogP contribution is -2.44. The second kappa shape index (κ2) is 10.0. The largest absolute Gasteiger partial charge is 0.493 e. The second-order valence-corrected chi connectivity index (χ2v) is 8.19. The van der Waals surface area contributed by atoms with E-state index in [0.29, 0.717) is 35.2 Å². The molecule has 1 saturated heterocycles. The van der Waals surface area contributed by atoms with Gasteiger partial charge in [0.1, 0.15) is 10.4 Å². The molecule has 6 nitrogen and oxygen atoms in total. The molecular formula is C18H21NO5S3. The molecule has 0 bridgehead atoms. The van der Waals surface area contributed by atoms with E-state index in [0.717, 1.165) is 17.3 Å². The Bertz CT molecular complexity index is 765. The van der Waals surface area contributed by atoms with E-state index in [4.69, 9.17) is 21.7 Å². The van der Waals surface area contributed by atoms with Crippen molar-refractivity contribution in [3.05, 3.63) is 28.7 Å². The van der Waals surface area contributed by atoms with Gasteiger partial charge in [-0.1, -0.05) is 30.0 Å². The minimum Gasteiger partial charge on any atom is -0.493 e. The Labute approximate surface area is 172 Å². The average Bonchev–Trinajstić information content (AvgIpc) is 2.91. The molecule has 0 aliphatic carbocycles. The van der Waals surface area contributed by atoms with Crippen molar-refractivity contribution in [2.24, 2.45) is 0 Å². The third kappa shape index (κ3) is 5.18. The maximum atomic E-state index is 12.8. The molecule has 1 aliphatic heterocycles. The Balaban J connectivity index is 2.28. The lowest BCUT2D eigenvalue weighted by molar-refractivity contribution is -0.145. The van der Waals surface area contributed by atoms with Crippen molar-refractivity contribution < 1.29 is 24.2 Å². The first-order chi connectivity index (χ1) is 12.9. The monoisotopic (exact) mass is 427 g/mol. The van der Waals surface area contributed by atoms with Gasteiger partial charge in [0.25, 0.3) is 5.91 Å². The number of benzene rings is 1. The molecule has 1 aromatic carbocycles. The molecule has 1 atom stereocenters. The number of hydrogen-bond donors (Lipinski definition) is 1. The molecule has 0 aromatic heterocycles. The molecule has 2 rings (SSSR count). The number of aliphatic carboxylic acids is 1. The minimum absolute atomic E-state index is 0.262. The number of carboxylic acids is 1. The normalized spacial score (nSPS) is 16.7. The van der Waals surface area contributed by atoms with E-state index in [9.17, 15) is 14.7 Å². The Morgan fingerprint density at radius 1 is 1.44 bits per heavy atom. The van der Waals surface area contributed by atoms with Crippen LogP contribution in [0.3, 0.4) is 0 Å². The van der Waals surface area contributed by atoms with Crippen molar-refractivity contribution in [2.45, 2.75) is 19.4 Å². The fourth-order valence-corrected chi connectivity index (χ4v) is 4.36. The Morgan fingerprint density at radius 2 is 2.19 bits per heavy atom. The standard InChI is InChI=1S/C18H21NO5S3/c1-4-24-13-6-5-11(9-14(13)23-2)10-15-16(20)19(18(25)27-15)12(17(21)22)7-8-26-3/h5-6,9-10,12H,4,7-8H2,1-3H3,(H,21,22)/b15-10+/t12-/m1/s1. The lowest BCUT2D eigenvalue weighted by atomic mass is 10.1. The van der Waals surface area contributed by atoms with Gasteiger partial charge in [0.05, 0.1) is 18.6 Å². The van der Waals surface area contributed by atoms with Crippen LogP contribution in [-0.4, -0.2) is 58.0 Å². The number of hydrogen-bond acceptors (Lipinski definition) is 7. The molecule has 1 fully saturated rings. The highest BCUT2D eigenvalue weighted by molar-refractivity contribution is 8.26. The van der Waals surface area contributed by atoms with Crippen LogP contribution in [0.4, 0.5) is 0 Å². The first-order valence-corrected chi connectivity index (χ1v) is 10.8. The van der Waals surface area contributed by atoms with E-state index >= 15 is 0 Å². The van der Waals surface area contributed by atoms with Gasteiger partial charge in [-0.2, -0.15) is 11.8 Å². The first kappa shape index (κ1) is 21.6. The molecule has 1 aromatic rings. The van der Waals surface area contributed by atoms with Crippen molar-refractivity contribution in [3.63, 3.8) is 0 Å². The van der Waals surface area contributed by atoms with E-state index in [1.54, 1.807) is 25.3 Å². The van der Waals surface area contributed by atoms with Gasteiger partial charge in [-0.25, -0.2) is 4.79 Å². The molecule has 0 radical (unpaired) electrons. The molecule has 1 aliphatic rings. The number of carbonyl (C=O) groups is 2. The van der Waals surface area contributed by atoms with Crippen molar-refractivity contribution in [1.82, 2.24) is 4.90 Å². The zero-order valence-corrected chi connectivity index (χ0v) is 17.7. The predicted molar refractivity (Wildman–Crippen MR) is 114 cm³/mol. The molecule has 146 valence electrons. The van der Waals surface area contributed by atoms with Crippen LogP contribution in [0, 0.1) is 0 Å². The summed E-state index contributed by atoms with van der Waals surface area (Å²) in [6, 6.07) is 4.39. The first-order valence-electron chi connectivity index (χ1n) is 8.22. The Kier molecular flexibility index (Phi) is 8.00. The maximum absolute atomic E-state index is 12.8. The summed E-state index contributed by atoms with van der Waals surface area (Å²) in [6.07, 6.45) is 3.92. The molecule has 27 heavy (non-hydrogen) atoms. The number of methoxy groups -OCH3 is 1. The lowest BCUT2D eigenvalue weighted by Gasteiger charge is -2.22. The van der Waals surface area contributed by atoms with Crippen LogP contribution in [0.5, 0.6) is 11.5 Å². The van der Waals surface area contributed by atoms with Crippen molar-refractivity contribution >= 4 is 58.0 Å². The smallest absolute Gasteiger partial charge is 0.326 e. The SMILES string of the molecule is CCOc1ccc(/C=C2/SC(=S)N([C@H](CCSC)C(=O)O)C2=O)cc1OC. The number of carboxylic acid groups (broad SMARTS) is 1. The van der Waals surface area contributed by atoms with Gasteiger partial charge in [-0.3, -0.25) is 9.69 Å². The van der Waals surface area contributed by atoms with Crippen molar-refractivity contribution in [2.75, 3.05) is 25.7 Å². The summed E-state index contributed by atoms with van der Waals surface area (Å²) in [7, 11) is 1.55. The summed E-state index contributed by atoms with van der Waals surface area (Å²) in [5.74, 6) is 0.372. The fourth-order valence-electron chi connectivity index (χ4n) is 2.54. The number of carbonyl (C=O) groups excluding carboxylic acids is 1. The Hall–Kier alpha value is -1.71.